The molecule has 0 bridgehead atoms. The van der Waals surface area contributed by atoms with E-state index in [0.29, 0.717) is 17.3 Å². The van der Waals surface area contributed by atoms with Gasteiger partial charge in [-0.15, -0.1) is 0 Å². The second kappa shape index (κ2) is 104. The molecule has 12 unspecified atom stereocenters. The SMILES string of the molecule is CCC.CCCC(CC)C(CC)C(CC)C(CC)CCC.CCCC(CC)C(CC)C(CC)CCC.CCCC(CC)CCC.CCCC(CC)COCC(CC)CCC.CCCC(CC)COCC(CC)COCC(CC)CCC.CCCC(CC)COCC(CC)COCC(CC)CCC.CCCC(CCC)(CCC)CCC. The van der Waals surface area contributed by atoms with E-state index in [4.69, 9.17) is 23.7 Å². The number of rotatable bonds is 73. The van der Waals surface area contributed by atoms with Gasteiger partial charge in [0.2, 0.25) is 0 Å². The molecule has 12 atom stereocenters. The zero-order valence-electron chi connectivity index (χ0n) is 87.5. The molecule has 0 heterocycles. The Morgan fingerprint density at radius 2 is 0.296 bits per heavy atom. The predicted molar refractivity (Wildman–Crippen MR) is 532 cm³/mol. The van der Waals surface area contributed by atoms with Crippen LogP contribution in [0.2, 0.25) is 0 Å². The molecule has 0 aromatic carbocycles. The van der Waals surface area contributed by atoms with Crippen LogP contribution in [0.4, 0.5) is 0 Å². The molecule has 0 saturated heterocycles. The van der Waals surface area contributed by atoms with E-state index in [9.17, 15) is 0 Å². The molecule has 0 radical (unpaired) electrons. The average Bonchev–Trinajstić information content (AvgIpc) is 0.863. The van der Waals surface area contributed by atoms with Gasteiger partial charge in [0, 0.05) is 51.5 Å². The molecule has 0 aliphatic carbocycles. The molecule has 0 aliphatic heterocycles. The van der Waals surface area contributed by atoms with Crippen molar-refractivity contribution in [2.45, 2.75) is 550 Å². The van der Waals surface area contributed by atoms with Crippen molar-refractivity contribution < 1.29 is 23.7 Å². The maximum absolute atomic E-state index is 5.94. The summed E-state index contributed by atoms with van der Waals surface area (Å²) in [5.74, 6) is 13.5. The summed E-state index contributed by atoms with van der Waals surface area (Å²) in [6.07, 6.45) is 65.5. The summed E-state index contributed by atoms with van der Waals surface area (Å²) < 4.78 is 29.6. The number of hydrogen-bond donors (Lipinski definition) is 0. The van der Waals surface area contributed by atoms with Gasteiger partial charge in [-0.3, -0.25) is 0 Å². The highest BCUT2D eigenvalue weighted by atomic mass is 16.5. The minimum absolute atomic E-state index is 0.559. The third-order valence-corrected chi connectivity index (χ3v) is 26.5. The van der Waals surface area contributed by atoms with Crippen LogP contribution < -0.4 is 0 Å². The first-order valence-corrected chi connectivity index (χ1v) is 53.5. The molecule has 0 aromatic rings. The fraction of sp³-hybridized carbons (Fsp3) is 1.00. The first kappa shape index (κ1) is 130. The highest BCUT2D eigenvalue weighted by molar-refractivity contribution is 4.81. The molecule has 0 fully saturated rings. The van der Waals surface area contributed by atoms with Crippen LogP contribution in [-0.2, 0) is 23.7 Å². The zero-order valence-corrected chi connectivity index (χ0v) is 87.5. The Labute approximate surface area is 735 Å². The second-order valence-electron chi connectivity index (χ2n) is 36.7. The van der Waals surface area contributed by atoms with Gasteiger partial charge in [0.05, 0.1) is 26.4 Å². The third kappa shape index (κ3) is 79.5. The summed E-state index contributed by atoms with van der Waals surface area (Å²) in [6.45, 7) is 87.3. The Balaban J connectivity index is -0.000000195. The molecule has 0 aromatic heterocycles. The zero-order chi connectivity index (χ0) is 89.0. The highest BCUT2D eigenvalue weighted by Crippen LogP contribution is 2.41. The molecule has 706 valence electrons. The molecular formula is C110H236O5. The molecule has 0 saturated carbocycles. The van der Waals surface area contributed by atoms with Gasteiger partial charge in [-0.25, -0.2) is 0 Å². The number of hydrogen-bond acceptors (Lipinski definition) is 5. The largest absolute Gasteiger partial charge is 0.381 e. The van der Waals surface area contributed by atoms with Crippen LogP contribution in [0.3, 0.4) is 0 Å². The first-order chi connectivity index (χ1) is 55.6. The Bertz CT molecular complexity index is 1480. The van der Waals surface area contributed by atoms with Crippen LogP contribution in [0, 0.1) is 100 Å². The van der Waals surface area contributed by atoms with E-state index in [1.54, 1.807) is 0 Å². The third-order valence-electron chi connectivity index (χ3n) is 26.5. The van der Waals surface area contributed by atoms with Crippen molar-refractivity contribution in [2.75, 3.05) is 66.1 Å². The fourth-order valence-electron chi connectivity index (χ4n) is 19.1. The Morgan fingerprint density at radius 1 is 0.148 bits per heavy atom. The van der Waals surface area contributed by atoms with Crippen molar-refractivity contribution in [3.05, 3.63) is 0 Å². The monoisotopic (exact) mass is 1640 g/mol. The lowest BCUT2D eigenvalue weighted by Gasteiger charge is -2.37. The van der Waals surface area contributed by atoms with E-state index in [0.717, 1.165) is 162 Å². The lowest BCUT2D eigenvalue weighted by Crippen LogP contribution is -2.28. The van der Waals surface area contributed by atoms with E-state index in [1.807, 2.05) is 0 Å². The van der Waals surface area contributed by atoms with Crippen LogP contribution in [-0.4, -0.2) is 66.1 Å². The summed E-state index contributed by atoms with van der Waals surface area (Å²) in [4.78, 5) is 0. The van der Waals surface area contributed by atoms with Crippen LogP contribution in [0.5, 0.6) is 0 Å². The van der Waals surface area contributed by atoms with Gasteiger partial charge in [0.15, 0.2) is 0 Å². The van der Waals surface area contributed by atoms with Crippen molar-refractivity contribution in [3.63, 3.8) is 0 Å². The molecule has 0 N–H and O–H groups in total. The van der Waals surface area contributed by atoms with Crippen LogP contribution in [0.25, 0.3) is 0 Å². The topological polar surface area (TPSA) is 46.2 Å². The Hall–Kier alpha value is -0.200. The average molecular weight is 1640 g/mol. The lowest BCUT2D eigenvalue weighted by molar-refractivity contribution is 0.0132. The van der Waals surface area contributed by atoms with E-state index in [-0.39, 0.29) is 0 Å². The molecule has 115 heavy (non-hydrogen) atoms. The van der Waals surface area contributed by atoms with Gasteiger partial charge < -0.3 is 23.7 Å². The summed E-state index contributed by atoms with van der Waals surface area (Å²) in [7, 11) is 0. The van der Waals surface area contributed by atoms with E-state index in [2.05, 4.69) is 235 Å². The number of ether oxygens (including phenoxy) is 5. The Kier molecular flexibility index (Phi) is 118. The van der Waals surface area contributed by atoms with Gasteiger partial charge in [-0.05, 0) is 165 Å². The molecule has 5 nitrogen and oxygen atoms in total. The van der Waals surface area contributed by atoms with Gasteiger partial charge in [-0.1, -0.05) is 473 Å². The molecule has 5 heteroatoms. The van der Waals surface area contributed by atoms with Gasteiger partial charge >= 0.3 is 0 Å². The first-order valence-electron chi connectivity index (χ1n) is 53.5. The van der Waals surface area contributed by atoms with E-state index in [1.165, 1.54) is 302 Å². The molecule has 0 aliphatic rings. The maximum Gasteiger partial charge on any atom is 0.0516 e. The van der Waals surface area contributed by atoms with Crippen molar-refractivity contribution in [3.8, 4) is 0 Å². The van der Waals surface area contributed by atoms with Crippen LogP contribution in [0.15, 0.2) is 0 Å². The van der Waals surface area contributed by atoms with Crippen molar-refractivity contribution in [1.82, 2.24) is 0 Å². The summed E-state index contributed by atoms with van der Waals surface area (Å²) in [5.41, 5.74) is 0.701. The van der Waals surface area contributed by atoms with Crippen molar-refractivity contribution in [1.29, 1.82) is 0 Å². The summed E-state index contributed by atoms with van der Waals surface area (Å²) in [6, 6.07) is 0. The molecule has 0 spiro atoms. The fourth-order valence-corrected chi connectivity index (χ4v) is 19.1. The van der Waals surface area contributed by atoms with E-state index >= 15 is 0 Å². The smallest absolute Gasteiger partial charge is 0.0516 e. The van der Waals surface area contributed by atoms with Crippen molar-refractivity contribution in [2.24, 2.45) is 100 Å². The predicted octanol–water partition coefficient (Wildman–Crippen LogP) is 38.6. The maximum atomic E-state index is 5.94. The van der Waals surface area contributed by atoms with Crippen molar-refractivity contribution >= 4 is 0 Å². The highest BCUT2D eigenvalue weighted by Gasteiger charge is 2.31. The lowest BCUT2D eigenvalue weighted by atomic mass is 9.68. The van der Waals surface area contributed by atoms with E-state index < -0.39 is 0 Å². The molecule has 0 rings (SSSR count). The standard InChI is InChI=1S/2C19H40O2.C18H38.C15H32.C14H30O.C13H28.C9H20.C3H8/c2*1-6-11-17(8-3)13-20-15-19(10-5)16-21-14-18(9-4)12-7-2;1-7-13-15(9-3)17(11-5)18(12-6)16(10-4)14-8-2;1-6-11-13(8-3)15(10-5)14(9-4)12-7-2;1-5-9-13(7-3)11-15-12-14(8-4)10-6-2;1-5-9-13(10-6-2,11-7-3)12-8-4;1-4-7-9(6-3)8-5-2;1-3-2/h2*17-19H,6-16H2,1-5H3;15-18H,7-14H2,1-6H3;13-15H,6-12H2,1-5H3;13-14H,5-12H2,1-4H3;5-12H2,1-4H3;9H,4-8H2,1-3H3;3H2,1-2H3. The van der Waals surface area contributed by atoms with Gasteiger partial charge in [0.1, 0.15) is 0 Å². The second-order valence-corrected chi connectivity index (χ2v) is 36.7. The normalized spacial score (nSPS) is 15.3. The quantitative estimate of drug-likeness (QED) is 0.0607. The van der Waals surface area contributed by atoms with Gasteiger partial charge in [0.25, 0.3) is 0 Å². The van der Waals surface area contributed by atoms with Gasteiger partial charge in [-0.2, -0.15) is 0 Å². The van der Waals surface area contributed by atoms with Crippen LogP contribution in [0.1, 0.15) is 550 Å². The Morgan fingerprint density at radius 3 is 0.426 bits per heavy atom. The summed E-state index contributed by atoms with van der Waals surface area (Å²) in [5, 5.41) is 0. The minimum Gasteiger partial charge on any atom is -0.381 e. The minimum atomic E-state index is 0.559. The summed E-state index contributed by atoms with van der Waals surface area (Å²) >= 11 is 0. The molecular weight excluding hydrogens is 1400 g/mol. The van der Waals surface area contributed by atoms with Crippen LogP contribution >= 0.6 is 0 Å². The molecule has 0 amide bonds.